The molecule has 0 amide bonds. The highest BCUT2D eigenvalue weighted by Crippen LogP contribution is 2.26. The summed E-state index contributed by atoms with van der Waals surface area (Å²) in [5, 5.41) is 9.83. The predicted molar refractivity (Wildman–Crippen MR) is 69.8 cm³/mol. The minimum absolute atomic E-state index is 0.00398. The number of aliphatic hydroxyl groups excluding tert-OH is 1. The molecule has 0 bridgehead atoms. The maximum Gasteiger partial charge on any atom is 0.378 e. The average Bonchev–Trinajstić information content (AvgIpc) is 2.44. The van der Waals surface area contributed by atoms with Crippen LogP contribution in [0.5, 0.6) is 5.75 Å². The van der Waals surface area contributed by atoms with Gasteiger partial charge in [-0.05, 0) is 24.6 Å². The Balaban J connectivity index is 3.09. The molecule has 0 spiro atoms. The van der Waals surface area contributed by atoms with Gasteiger partial charge >= 0.3 is 5.97 Å². The number of esters is 1. The fourth-order valence-electron chi connectivity index (χ4n) is 1.40. The third-order valence-electron chi connectivity index (χ3n) is 2.33. The van der Waals surface area contributed by atoms with Gasteiger partial charge in [0.05, 0.1) is 19.3 Å². The van der Waals surface area contributed by atoms with Gasteiger partial charge in [-0.3, -0.25) is 4.79 Å². The lowest BCUT2D eigenvalue weighted by molar-refractivity contribution is -0.149. The van der Waals surface area contributed by atoms with Crippen molar-refractivity contribution in [3.63, 3.8) is 0 Å². The number of carbonyl (C=O) groups is 2. The van der Waals surface area contributed by atoms with Gasteiger partial charge in [-0.1, -0.05) is 6.92 Å². The summed E-state index contributed by atoms with van der Waals surface area (Å²) in [6.07, 6.45) is 1.39. The zero-order valence-corrected chi connectivity index (χ0v) is 11.2. The van der Waals surface area contributed by atoms with Crippen LogP contribution in [0.1, 0.15) is 18.9 Å². The van der Waals surface area contributed by atoms with Gasteiger partial charge in [0.1, 0.15) is 17.3 Å². The van der Waals surface area contributed by atoms with E-state index in [-0.39, 0.29) is 11.3 Å². The van der Waals surface area contributed by atoms with Crippen LogP contribution in [0.3, 0.4) is 0 Å². The van der Waals surface area contributed by atoms with Gasteiger partial charge in [0.25, 0.3) is 5.78 Å². The lowest BCUT2D eigenvalue weighted by atomic mass is 10.1. The average molecular weight is 282 g/mol. The molecule has 0 saturated carbocycles. The van der Waals surface area contributed by atoms with Gasteiger partial charge in [-0.15, -0.1) is 0 Å². The number of aliphatic hydroxyl groups is 1. The second kappa shape index (κ2) is 7.28. The summed E-state index contributed by atoms with van der Waals surface area (Å²) >= 11 is 0. The SMILES string of the molecule is CCCOc1ccc(F)cc1/C(O)=C\C(=O)C(=O)OC. The van der Waals surface area contributed by atoms with E-state index < -0.39 is 23.3 Å². The van der Waals surface area contributed by atoms with Gasteiger partial charge in [0.2, 0.25) is 0 Å². The van der Waals surface area contributed by atoms with Crippen LogP contribution in [0.4, 0.5) is 4.39 Å². The summed E-state index contributed by atoms with van der Waals surface area (Å²) in [5.74, 6) is -3.11. The largest absolute Gasteiger partial charge is 0.507 e. The molecule has 0 radical (unpaired) electrons. The summed E-state index contributed by atoms with van der Waals surface area (Å²) in [4.78, 5) is 22.3. The standard InChI is InChI=1S/C14H15FO5/c1-3-6-20-13-5-4-9(15)7-10(13)11(16)8-12(17)14(18)19-2/h4-5,7-8,16H,3,6H2,1-2H3/b11-8+. The highest BCUT2D eigenvalue weighted by atomic mass is 19.1. The van der Waals surface area contributed by atoms with Crippen molar-refractivity contribution in [2.45, 2.75) is 13.3 Å². The number of halogens is 1. The number of rotatable bonds is 6. The molecule has 20 heavy (non-hydrogen) atoms. The van der Waals surface area contributed by atoms with E-state index in [4.69, 9.17) is 4.74 Å². The molecule has 0 aromatic heterocycles. The molecule has 1 aromatic rings. The molecule has 0 saturated heterocycles. The number of carbonyl (C=O) groups excluding carboxylic acids is 2. The normalized spacial score (nSPS) is 11.1. The number of ether oxygens (including phenoxy) is 2. The lowest BCUT2D eigenvalue weighted by Gasteiger charge is -2.10. The maximum atomic E-state index is 13.2. The second-order valence-electron chi connectivity index (χ2n) is 3.87. The van der Waals surface area contributed by atoms with E-state index in [1.54, 1.807) is 0 Å². The second-order valence-corrected chi connectivity index (χ2v) is 3.87. The Morgan fingerprint density at radius 1 is 1.40 bits per heavy atom. The van der Waals surface area contributed by atoms with Crippen LogP contribution in [0, 0.1) is 5.82 Å². The summed E-state index contributed by atoms with van der Waals surface area (Å²) in [7, 11) is 1.04. The molecule has 1 N–H and O–H groups in total. The first kappa shape index (κ1) is 15.7. The number of hydrogen-bond acceptors (Lipinski definition) is 5. The molecule has 6 heteroatoms. The number of hydrogen-bond donors (Lipinski definition) is 1. The van der Waals surface area contributed by atoms with Crippen molar-refractivity contribution in [2.24, 2.45) is 0 Å². The van der Waals surface area contributed by atoms with Crippen molar-refractivity contribution in [3.05, 3.63) is 35.7 Å². The fourth-order valence-corrected chi connectivity index (χ4v) is 1.40. The molecule has 0 aliphatic carbocycles. The molecule has 0 unspecified atom stereocenters. The molecule has 108 valence electrons. The molecular formula is C14H15FO5. The zero-order chi connectivity index (χ0) is 15.1. The van der Waals surface area contributed by atoms with E-state index in [1.165, 1.54) is 12.1 Å². The van der Waals surface area contributed by atoms with Crippen molar-refractivity contribution in [2.75, 3.05) is 13.7 Å². The van der Waals surface area contributed by atoms with Gasteiger partial charge in [0.15, 0.2) is 0 Å². The van der Waals surface area contributed by atoms with Crippen molar-refractivity contribution in [1.82, 2.24) is 0 Å². The van der Waals surface area contributed by atoms with Gasteiger partial charge in [0, 0.05) is 6.08 Å². The Kier molecular flexibility index (Phi) is 5.71. The molecule has 0 heterocycles. The monoisotopic (exact) mass is 282 g/mol. The van der Waals surface area contributed by atoms with Crippen LogP contribution in [0.2, 0.25) is 0 Å². The van der Waals surface area contributed by atoms with E-state index >= 15 is 0 Å². The fraction of sp³-hybridized carbons (Fsp3) is 0.286. The highest BCUT2D eigenvalue weighted by molar-refractivity contribution is 6.39. The van der Waals surface area contributed by atoms with Crippen molar-refractivity contribution in [3.8, 4) is 5.75 Å². The van der Waals surface area contributed by atoms with E-state index in [1.807, 2.05) is 6.92 Å². The van der Waals surface area contributed by atoms with E-state index in [2.05, 4.69) is 4.74 Å². The molecule has 5 nitrogen and oxygen atoms in total. The van der Waals surface area contributed by atoms with Gasteiger partial charge in [-0.25, -0.2) is 9.18 Å². The number of benzene rings is 1. The van der Waals surface area contributed by atoms with Crippen LogP contribution in [-0.4, -0.2) is 30.6 Å². The lowest BCUT2D eigenvalue weighted by Crippen LogP contribution is -2.13. The quantitative estimate of drug-likeness (QED) is 0.375. The van der Waals surface area contributed by atoms with Crippen LogP contribution in [0.15, 0.2) is 24.3 Å². The predicted octanol–water partition coefficient (Wildman–Crippen LogP) is 2.26. The van der Waals surface area contributed by atoms with Crippen molar-refractivity contribution in [1.29, 1.82) is 0 Å². The summed E-state index contributed by atoms with van der Waals surface area (Å²) in [5.41, 5.74) is -0.00398. The third kappa shape index (κ3) is 4.08. The molecule has 0 aliphatic rings. The smallest absolute Gasteiger partial charge is 0.378 e. The van der Waals surface area contributed by atoms with E-state index in [0.29, 0.717) is 12.7 Å². The Bertz CT molecular complexity index is 536. The molecule has 1 aromatic carbocycles. The summed E-state index contributed by atoms with van der Waals surface area (Å²) in [6.45, 7) is 2.26. The molecule has 0 fully saturated rings. The van der Waals surface area contributed by atoms with Crippen LogP contribution >= 0.6 is 0 Å². The van der Waals surface area contributed by atoms with Gasteiger partial charge in [-0.2, -0.15) is 0 Å². The first-order valence-electron chi connectivity index (χ1n) is 5.95. The van der Waals surface area contributed by atoms with Gasteiger partial charge < -0.3 is 14.6 Å². The summed E-state index contributed by atoms with van der Waals surface area (Å²) in [6, 6.07) is 3.53. The van der Waals surface area contributed by atoms with Crippen molar-refractivity contribution < 1.29 is 28.6 Å². The molecular weight excluding hydrogens is 267 g/mol. The van der Waals surface area contributed by atoms with E-state index in [9.17, 15) is 19.1 Å². The Morgan fingerprint density at radius 2 is 2.10 bits per heavy atom. The molecule has 1 rings (SSSR count). The van der Waals surface area contributed by atoms with Crippen LogP contribution in [-0.2, 0) is 14.3 Å². The first-order valence-corrected chi connectivity index (χ1v) is 5.95. The first-order chi connectivity index (χ1) is 9.49. The molecule has 0 atom stereocenters. The van der Waals surface area contributed by atoms with Crippen LogP contribution < -0.4 is 4.74 Å². The maximum absolute atomic E-state index is 13.2. The number of methoxy groups -OCH3 is 1. The van der Waals surface area contributed by atoms with Crippen molar-refractivity contribution >= 4 is 17.5 Å². The minimum atomic E-state index is -1.12. The van der Waals surface area contributed by atoms with Crippen LogP contribution in [0.25, 0.3) is 5.76 Å². The third-order valence-corrected chi connectivity index (χ3v) is 2.33. The topological polar surface area (TPSA) is 72.8 Å². The Labute approximate surface area is 115 Å². The highest BCUT2D eigenvalue weighted by Gasteiger charge is 2.16. The molecule has 0 aliphatic heterocycles. The number of ketones is 1. The zero-order valence-electron chi connectivity index (χ0n) is 11.2. The van der Waals surface area contributed by atoms with E-state index in [0.717, 1.165) is 19.6 Å². The minimum Gasteiger partial charge on any atom is -0.507 e. The Morgan fingerprint density at radius 3 is 2.70 bits per heavy atom. The Hall–Kier alpha value is -2.37. The summed E-state index contributed by atoms with van der Waals surface area (Å²) < 4.78 is 22.8.